The number of nitrogens with one attached hydrogen (secondary N) is 1. The first-order valence-electron chi connectivity index (χ1n) is 6.46. The lowest BCUT2D eigenvalue weighted by atomic mass is 10.1. The van der Waals surface area contributed by atoms with Crippen molar-refractivity contribution in [2.24, 2.45) is 0 Å². The third-order valence-electron chi connectivity index (χ3n) is 3.45. The Bertz CT molecular complexity index is 254. The average Bonchev–Trinajstić information content (AvgIpc) is 2.54. The van der Waals surface area contributed by atoms with Gasteiger partial charge in [-0.05, 0) is 26.3 Å². The molecule has 5 nitrogen and oxygen atoms in total. The third-order valence-corrected chi connectivity index (χ3v) is 3.45. The number of hydrogen-bond donors (Lipinski definition) is 1. The van der Waals surface area contributed by atoms with E-state index in [0.29, 0.717) is 26.3 Å². The molecular weight excluding hydrogens is 220 g/mol. The van der Waals surface area contributed by atoms with Gasteiger partial charge in [-0.25, -0.2) is 0 Å². The summed E-state index contributed by atoms with van der Waals surface area (Å²) in [5.74, 6) is 0.138. The number of rotatable bonds is 3. The van der Waals surface area contributed by atoms with E-state index in [9.17, 15) is 4.79 Å². The maximum Gasteiger partial charge on any atom is 0.242 e. The number of likely N-dealkylation sites (N-methyl/N-ethyl adjacent to an activating group) is 1. The summed E-state index contributed by atoms with van der Waals surface area (Å²) in [5, 5.41) is 3.00. The molecule has 0 aromatic heterocycles. The first-order valence-corrected chi connectivity index (χ1v) is 6.46. The van der Waals surface area contributed by atoms with Crippen molar-refractivity contribution in [3.8, 4) is 0 Å². The average molecular weight is 242 g/mol. The Morgan fingerprint density at radius 3 is 3.00 bits per heavy atom. The van der Waals surface area contributed by atoms with Crippen LogP contribution in [0.1, 0.15) is 19.3 Å². The van der Waals surface area contributed by atoms with E-state index in [0.717, 1.165) is 19.4 Å². The molecule has 17 heavy (non-hydrogen) atoms. The molecule has 98 valence electrons. The number of carbonyl (C=O) groups is 1. The molecule has 1 amide bonds. The molecule has 2 unspecified atom stereocenters. The van der Waals surface area contributed by atoms with Gasteiger partial charge in [0.25, 0.3) is 0 Å². The normalized spacial score (nSPS) is 31.4. The van der Waals surface area contributed by atoms with Gasteiger partial charge in [0.15, 0.2) is 0 Å². The van der Waals surface area contributed by atoms with Crippen LogP contribution in [0.5, 0.6) is 0 Å². The molecule has 1 N–H and O–H groups in total. The number of ether oxygens (including phenoxy) is 2. The Hall–Kier alpha value is -0.650. The molecule has 5 heteroatoms. The van der Waals surface area contributed by atoms with E-state index >= 15 is 0 Å². The predicted molar refractivity (Wildman–Crippen MR) is 63.8 cm³/mol. The Morgan fingerprint density at radius 2 is 2.29 bits per heavy atom. The molecule has 0 aliphatic carbocycles. The minimum Gasteiger partial charge on any atom is -0.377 e. The number of nitrogens with zero attached hydrogens (tertiary/aromatic N) is 1. The Balaban J connectivity index is 1.90. The lowest BCUT2D eigenvalue weighted by Crippen LogP contribution is -2.48. The Morgan fingerprint density at radius 1 is 1.41 bits per heavy atom. The summed E-state index contributed by atoms with van der Waals surface area (Å²) in [6, 6.07) is -0.207. The second-order valence-corrected chi connectivity index (χ2v) is 4.69. The molecule has 2 rings (SSSR count). The van der Waals surface area contributed by atoms with E-state index in [1.807, 2.05) is 4.90 Å². The van der Waals surface area contributed by atoms with E-state index in [4.69, 9.17) is 9.47 Å². The fourth-order valence-corrected chi connectivity index (χ4v) is 2.36. The molecule has 0 saturated carbocycles. The lowest BCUT2D eigenvalue weighted by Gasteiger charge is -2.30. The van der Waals surface area contributed by atoms with Crippen LogP contribution in [0.3, 0.4) is 0 Å². The van der Waals surface area contributed by atoms with E-state index in [1.165, 1.54) is 6.42 Å². The smallest absolute Gasteiger partial charge is 0.242 e. The van der Waals surface area contributed by atoms with Gasteiger partial charge < -0.3 is 19.7 Å². The van der Waals surface area contributed by atoms with Crippen molar-refractivity contribution in [1.29, 1.82) is 0 Å². The van der Waals surface area contributed by atoms with Gasteiger partial charge in [-0.2, -0.15) is 0 Å². The fraction of sp³-hybridized carbons (Fsp3) is 0.917. The summed E-state index contributed by atoms with van der Waals surface area (Å²) in [5.41, 5.74) is 0. The standard InChI is InChI=1S/C12H22N2O3/c1-13-11-9-16-7-5-14(12(11)15)8-10-4-2-3-6-17-10/h10-11,13H,2-9H2,1H3. The van der Waals surface area contributed by atoms with E-state index in [1.54, 1.807) is 7.05 Å². The van der Waals surface area contributed by atoms with Crippen LogP contribution in [0.15, 0.2) is 0 Å². The van der Waals surface area contributed by atoms with Crippen molar-refractivity contribution < 1.29 is 14.3 Å². The van der Waals surface area contributed by atoms with Crippen molar-refractivity contribution in [3.63, 3.8) is 0 Å². The zero-order valence-corrected chi connectivity index (χ0v) is 10.5. The fourth-order valence-electron chi connectivity index (χ4n) is 2.36. The van der Waals surface area contributed by atoms with Crippen molar-refractivity contribution >= 4 is 5.91 Å². The molecular formula is C12H22N2O3. The van der Waals surface area contributed by atoms with Gasteiger partial charge in [-0.1, -0.05) is 0 Å². The van der Waals surface area contributed by atoms with E-state index in [2.05, 4.69) is 5.32 Å². The Kier molecular flexibility index (Phi) is 4.76. The predicted octanol–water partition coefficient (Wildman–Crippen LogP) is 0.00230. The van der Waals surface area contributed by atoms with Crippen LogP contribution in [0.4, 0.5) is 0 Å². The molecule has 2 saturated heterocycles. The highest BCUT2D eigenvalue weighted by Gasteiger charge is 2.28. The van der Waals surface area contributed by atoms with Gasteiger partial charge >= 0.3 is 0 Å². The molecule has 0 radical (unpaired) electrons. The number of carbonyl (C=O) groups excluding carboxylic acids is 1. The largest absolute Gasteiger partial charge is 0.377 e. The highest BCUT2D eigenvalue weighted by Crippen LogP contribution is 2.15. The van der Waals surface area contributed by atoms with Gasteiger partial charge in [0.1, 0.15) is 6.04 Å². The summed E-state index contributed by atoms with van der Waals surface area (Å²) in [7, 11) is 1.80. The van der Waals surface area contributed by atoms with Crippen LogP contribution < -0.4 is 5.32 Å². The molecule has 2 aliphatic heterocycles. The summed E-state index contributed by atoms with van der Waals surface area (Å²) in [6.45, 7) is 3.31. The second kappa shape index (κ2) is 6.33. The molecule has 0 spiro atoms. The van der Waals surface area contributed by atoms with Crippen LogP contribution in [0.25, 0.3) is 0 Å². The molecule has 2 fully saturated rings. The second-order valence-electron chi connectivity index (χ2n) is 4.69. The minimum atomic E-state index is -0.207. The molecule has 0 aromatic carbocycles. The quantitative estimate of drug-likeness (QED) is 0.757. The SMILES string of the molecule is CNC1COCCN(CC2CCCCO2)C1=O. The highest BCUT2D eigenvalue weighted by atomic mass is 16.5. The van der Waals surface area contributed by atoms with E-state index < -0.39 is 0 Å². The van der Waals surface area contributed by atoms with Crippen molar-refractivity contribution in [3.05, 3.63) is 0 Å². The van der Waals surface area contributed by atoms with Gasteiger partial charge in [0.2, 0.25) is 5.91 Å². The van der Waals surface area contributed by atoms with Crippen molar-refractivity contribution in [2.75, 3.05) is 40.0 Å². The summed E-state index contributed by atoms with van der Waals surface area (Å²) in [4.78, 5) is 14.1. The summed E-state index contributed by atoms with van der Waals surface area (Å²) in [6.07, 6.45) is 3.63. The highest BCUT2D eigenvalue weighted by molar-refractivity contribution is 5.82. The molecule has 0 aromatic rings. The minimum absolute atomic E-state index is 0.138. The van der Waals surface area contributed by atoms with Crippen molar-refractivity contribution in [1.82, 2.24) is 10.2 Å². The first kappa shape index (κ1) is 12.8. The van der Waals surface area contributed by atoms with Crippen LogP contribution in [-0.2, 0) is 14.3 Å². The maximum absolute atomic E-state index is 12.2. The molecule has 2 atom stereocenters. The monoisotopic (exact) mass is 242 g/mol. The third kappa shape index (κ3) is 3.40. The van der Waals surface area contributed by atoms with Crippen LogP contribution in [0, 0.1) is 0 Å². The zero-order valence-electron chi connectivity index (χ0n) is 10.5. The molecule has 0 bridgehead atoms. The van der Waals surface area contributed by atoms with Gasteiger partial charge in [-0.3, -0.25) is 4.79 Å². The van der Waals surface area contributed by atoms with Crippen LogP contribution in [0.2, 0.25) is 0 Å². The van der Waals surface area contributed by atoms with Gasteiger partial charge in [0.05, 0.1) is 19.3 Å². The maximum atomic E-state index is 12.2. The Labute approximate surface area is 102 Å². The number of amides is 1. The summed E-state index contributed by atoms with van der Waals surface area (Å²) < 4.78 is 11.1. The zero-order chi connectivity index (χ0) is 12.1. The van der Waals surface area contributed by atoms with Crippen molar-refractivity contribution in [2.45, 2.75) is 31.4 Å². The number of hydrogen-bond acceptors (Lipinski definition) is 4. The van der Waals surface area contributed by atoms with Crippen LogP contribution >= 0.6 is 0 Å². The molecule has 2 heterocycles. The summed E-state index contributed by atoms with van der Waals surface area (Å²) >= 11 is 0. The van der Waals surface area contributed by atoms with E-state index in [-0.39, 0.29) is 18.1 Å². The molecule has 2 aliphatic rings. The topological polar surface area (TPSA) is 50.8 Å². The first-order chi connectivity index (χ1) is 8.31. The van der Waals surface area contributed by atoms with Crippen LogP contribution in [-0.4, -0.2) is 62.9 Å². The lowest BCUT2D eigenvalue weighted by molar-refractivity contribution is -0.135. The van der Waals surface area contributed by atoms with Gasteiger partial charge in [-0.15, -0.1) is 0 Å². The van der Waals surface area contributed by atoms with Gasteiger partial charge in [0, 0.05) is 19.7 Å².